The summed E-state index contributed by atoms with van der Waals surface area (Å²) in [5.41, 5.74) is 3.01. The van der Waals surface area contributed by atoms with Crippen molar-refractivity contribution >= 4 is 15.9 Å². The van der Waals surface area contributed by atoms with Crippen LogP contribution in [0.3, 0.4) is 0 Å². The van der Waals surface area contributed by atoms with Crippen LogP contribution in [0, 0.1) is 6.92 Å². The summed E-state index contributed by atoms with van der Waals surface area (Å²) in [4.78, 5) is 0. The fourth-order valence-electron chi connectivity index (χ4n) is 2.63. The average Bonchev–Trinajstić information content (AvgIpc) is 2.87. The topological polar surface area (TPSA) is 38.0 Å². The Morgan fingerprint density at radius 1 is 1.24 bits per heavy atom. The average molecular weight is 351 g/mol. The van der Waals surface area contributed by atoms with Crippen molar-refractivity contribution in [2.75, 3.05) is 0 Å². The van der Waals surface area contributed by atoms with Crippen molar-refractivity contribution in [1.82, 2.24) is 9.78 Å². The van der Waals surface area contributed by atoms with Crippen LogP contribution in [0.1, 0.15) is 55.7 Å². The minimum Gasteiger partial charge on any atom is -0.388 e. The normalized spacial score (nSPS) is 12.9. The van der Waals surface area contributed by atoms with Crippen LogP contribution in [-0.4, -0.2) is 14.9 Å². The third-order valence-electron chi connectivity index (χ3n) is 3.83. The third kappa shape index (κ3) is 4.17. The van der Waals surface area contributed by atoms with Gasteiger partial charge in [0, 0.05) is 17.1 Å². The van der Waals surface area contributed by atoms with Crippen LogP contribution >= 0.6 is 15.9 Å². The molecule has 0 fully saturated rings. The first-order valence-electron chi connectivity index (χ1n) is 7.52. The number of aromatic nitrogens is 2. The maximum Gasteiger partial charge on any atom is 0.0846 e. The molecular weight excluding hydrogens is 328 g/mol. The molecule has 0 amide bonds. The molecule has 2 aromatic rings. The van der Waals surface area contributed by atoms with Gasteiger partial charge in [-0.05, 0) is 49.1 Å². The van der Waals surface area contributed by atoms with Gasteiger partial charge in [0.15, 0.2) is 0 Å². The number of rotatable bonds is 6. The Morgan fingerprint density at radius 2 is 1.95 bits per heavy atom. The van der Waals surface area contributed by atoms with Gasteiger partial charge < -0.3 is 5.11 Å². The molecule has 21 heavy (non-hydrogen) atoms. The minimum atomic E-state index is -0.522. The van der Waals surface area contributed by atoms with Crippen molar-refractivity contribution in [1.29, 1.82) is 0 Å². The summed E-state index contributed by atoms with van der Waals surface area (Å²) in [5.74, 6) is 0. The van der Waals surface area contributed by atoms with E-state index in [-0.39, 0.29) is 0 Å². The first-order valence-corrected chi connectivity index (χ1v) is 8.32. The molecule has 0 aliphatic rings. The van der Waals surface area contributed by atoms with E-state index in [4.69, 9.17) is 0 Å². The highest BCUT2D eigenvalue weighted by Gasteiger charge is 2.13. The Labute approximate surface area is 135 Å². The Morgan fingerprint density at radius 3 is 2.57 bits per heavy atom. The number of aliphatic hydroxyl groups is 1. The first-order chi connectivity index (χ1) is 10.0. The molecule has 3 nitrogen and oxygen atoms in total. The second-order valence-corrected chi connectivity index (χ2v) is 6.45. The van der Waals surface area contributed by atoms with Crippen LogP contribution in [-0.2, 0) is 6.42 Å². The molecule has 114 valence electrons. The number of benzene rings is 1. The van der Waals surface area contributed by atoms with Crippen LogP contribution < -0.4 is 0 Å². The molecule has 1 aromatic carbocycles. The number of nitrogens with zero attached hydrogens (tertiary/aromatic N) is 2. The summed E-state index contributed by atoms with van der Waals surface area (Å²) in [5, 5.41) is 15.0. The number of halogens is 1. The molecule has 1 heterocycles. The molecule has 2 rings (SSSR count). The second kappa shape index (κ2) is 7.23. The molecule has 1 atom stereocenters. The van der Waals surface area contributed by atoms with Crippen molar-refractivity contribution in [2.24, 2.45) is 0 Å². The van der Waals surface area contributed by atoms with Crippen molar-refractivity contribution in [3.63, 3.8) is 0 Å². The van der Waals surface area contributed by atoms with Crippen molar-refractivity contribution < 1.29 is 5.11 Å². The fourth-order valence-corrected chi connectivity index (χ4v) is 3.25. The lowest BCUT2D eigenvalue weighted by molar-refractivity contribution is 0.176. The Balaban J connectivity index is 2.10. The summed E-state index contributed by atoms with van der Waals surface area (Å²) in [6.07, 6.45) is 4.19. The molecule has 1 aromatic heterocycles. The summed E-state index contributed by atoms with van der Waals surface area (Å²) in [7, 11) is 0. The number of hydrogen-bond donors (Lipinski definition) is 1. The van der Waals surface area contributed by atoms with Gasteiger partial charge >= 0.3 is 0 Å². The van der Waals surface area contributed by atoms with Gasteiger partial charge in [0.1, 0.15) is 0 Å². The molecule has 0 saturated heterocycles. The van der Waals surface area contributed by atoms with Crippen LogP contribution in [0.25, 0.3) is 0 Å². The molecule has 0 saturated carbocycles. The summed E-state index contributed by atoms with van der Waals surface area (Å²) >= 11 is 3.48. The van der Waals surface area contributed by atoms with E-state index in [1.165, 1.54) is 0 Å². The second-order valence-electron chi connectivity index (χ2n) is 5.54. The van der Waals surface area contributed by atoms with Crippen LogP contribution in [0.2, 0.25) is 0 Å². The van der Waals surface area contributed by atoms with Gasteiger partial charge in [0.25, 0.3) is 0 Å². The van der Waals surface area contributed by atoms with E-state index in [0.29, 0.717) is 12.5 Å². The molecule has 0 radical (unpaired) electrons. The highest BCUT2D eigenvalue weighted by atomic mass is 79.9. The molecule has 0 spiro atoms. The van der Waals surface area contributed by atoms with Crippen LogP contribution in [0.5, 0.6) is 0 Å². The van der Waals surface area contributed by atoms with E-state index in [2.05, 4.69) is 34.9 Å². The number of aliphatic hydroxyl groups excluding tert-OH is 1. The van der Waals surface area contributed by atoms with Gasteiger partial charge in [-0.25, -0.2) is 0 Å². The molecule has 0 aliphatic carbocycles. The molecule has 0 aliphatic heterocycles. The van der Waals surface area contributed by atoms with Crippen molar-refractivity contribution in [2.45, 2.75) is 52.2 Å². The number of hydrogen-bond acceptors (Lipinski definition) is 2. The Hall–Kier alpha value is -1.13. The fraction of sp³-hybridized carbons (Fsp3) is 0.471. The molecular formula is C17H23BrN2O. The van der Waals surface area contributed by atoms with Crippen LogP contribution in [0.15, 0.2) is 34.9 Å². The van der Waals surface area contributed by atoms with Gasteiger partial charge in [0.2, 0.25) is 0 Å². The van der Waals surface area contributed by atoms with E-state index < -0.39 is 6.10 Å². The maximum atomic E-state index is 10.4. The lowest BCUT2D eigenvalue weighted by atomic mass is 10.0. The zero-order chi connectivity index (χ0) is 15.4. The Kier molecular flexibility index (Phi) is 5.59. The first kappa shape index (κ1) is 16.2. The smallest absolute Gasteiger partial charge is 0.0846 e. The lowest BCUT2D eigenvalue weighted by Crippen LogP contribution is -2.09. The van der Waals surface area contributed by atoms with E-state index >= 15 is 0 Å². The molecule has 0 bridgehead atoms. The molecule has 1 unspecified atom stereocenters. The lowest BCUT2D eigenvalue weighted by Gasteiger charge is -2.13. The van der Waals surface area contributed by atoms with Crippen LogP contribution in [0.4, 0.5) is 0 Å². The zero-order valence-electron chi connectivity index (χ0n) is 12.9. The van der Waals surface area contributed by atoms with Gasteiger partial charge in [-0.15, -0.1) is 0 Å². The predicted octanol–water partition coefficient (Wildman–Crippen LogP) is 4.59. The van der Waals surface area contributed by atoms with Gasteiger partial charge in [0.05, 0.1) is 17.8 Å². The molecule has 4 heteroatoms. The minimum absolute atomic E-state index is 0.448. The highest BCUT2D eigenvalue weighted by Crippen LogP contribution is 2.23. The standard InChI is InChI=1S/C17H23BrN2O/c1-4-16(5-2)20-7-6-15(19-20)11-17(21)13-8-12(3)9-14(18)10-13/h6-10,16-17,21H,4-5,11H2,1-3H3. The van der Waals surface area contributed by atoms with E-state index in [1.807, 2.05) is 42.1 Å². The van der Waals surface area contributed by atoms with E-state index in [9.17, 15) is 5.11 Å². The summed E-state index contributed by atoms with van der Waals surface area (Å²) in [6.45, 7) is 6.38. The Bertz CT molecular complexity index is 570. The van der Waals surface area contributed by atoms with E-state index in [1.54, 1.807) is 0 Å². The van der Waals surface area contributed by atoms with Gasteiger partial charge in [-0.1, -0.05) is 35.8 Å². The third-order valence-corrected chi connectivity index (χ3v) is 4.29. The predicted molar refractivity (Wildman–Crippen MR) is 89.4 cm³/mol. The van der Waals surface area contributed by atoms with Gasteiger partial charge in [-0.3, -0.25) is 4.68 Å². The molecule has 1 N–H and O–H groups in total. The number of aryl methyl sites for hydroxylation is 1. The highest BCUT2D eigenvalue weighted by molar-refractivity contribution is 9.10. The summed E-state index contributed by atoms with van der Waals surface area (Å²) in [6, 6.07) is 8.48. The monoisotopic (exact) mass is 350 g/mol. The quantitative estimate of drug-likeness (QED) is 0.827. The van der Waals surface area contributed by atoms with Crippen molar-refractivity contribution in [3.8, 4) is 0 Å². The summed E-state index contributed by atoms with van der Waals surface area (Å²) < 4.78 is 3.02. The van der Waals surface area contributed by atoms with Gasteiger partial charge in [-0.2, -0.15) is 5.10 Å². The maximum absolute atomic E-state index is 10.4. The SMILES string of the molecule is CCC(CC)n1ccc(CC(O)c2cc(C)cc(Br)c2)n1. The van der Waals surface area contributed by atoms with E-state index in [0.717, 1.165) is 34.1 Å². The zero-order valence-corrected chi connectivity index (χ0v) is 14.5. The largest absolute Gasteiger partial charge is 0.388 e. The van der Waals surface area contributed by atoms with Crippen molar-refractivity contribution in [3.05, 3.63) is 51.8 Å².